The molecule has 1 fully saturated rings. The molecule has 0 saturated carbocycles. The third-order valence-electron chi connectivity index (χ3n) is 3.23. The number of carbonyl (C=O) groups excluding carboxylic acids is 2. The number of amides is 1. The van der Waals surface area contributed by atoms with Crippen molar-refractivity contribution in [3.63, 3.8) is 0 Å². The summed E-state index contributed by atoms with van der Waals surface area (Å²) in [5.74, 6) is -0.490. The summed E-state index contributed by atoms with van der Waals surface area (Å²) >= 11 is 0. The van der Waals surface area contributed by atoms with Gasteiger partial charge in [-0.3, -0.25) is 9.48 Å². The van der Waals surface area contributed by atoms with Crippen molar-refractivity contribution in [3.8, 4) is 0 Å². The molecule has 6 heteroatoms. The van der Waals surface area contributed by atoms with E-state index in [0.717, 1.165) is 6.42 Å². The summed E-state index contributed by atoms with van der Waals surface area (Å²) < 4.78 is 6.34. The minimum absolute atomic E-state index is 0.145. The molecule has 0 aliphatic carbocycles. The molecule has 0 bridgehead atoms. The largest absolute Gasteiger partial charge is 0.467 e. The fourth-order valence-electron chi connectivity index (χ4n) is 2.36. The summed E-state index contributed by atoms with van der Waals surface area (Å²) in [5, 5.41) is 4.15. The van der Waals surface area contributed by atoms with E-state index < -0.39 is 6.04 Å². The lowest BCUT2D eigenvalue weighted by molar-refractivity contribution is -0.145. The van der Waals surface area contributed by atoms with Crippen molar-refractivity contribution in [2.45, 2.75) is 25.8 Å². The highest BCUT2D eigenvalue weighted by atomic mass is 16.5. The lowest BCUT2D eigenvalue weighted by Gasteiger charge is -2.22. The Labute approximate surface area is 106 Å². The number of aryl methyl sites for hydroxylation is 2. The molecule has 18 heavy (non-hydrogen) atoms. The molecule has 2 rings (SSSR count). The van der Waals surface area contributed by atoms with E-state index in [4.69, 9.17) is 4.74 Å². The minimum atomic E-state index is -0.456. The standard InChI is InChI=1S/C12H17N3O3/c1-8-9(7-14(2)13-8)11(16)15-6-4-5-10(15)12(17)18-3/h7,10H,4-6H2,1-3H3. The number of hydrogen-bond acceptors (Lipinski definition) is 4. The van der Waals surface area contributed by atoms with E-state index >= 15 is 0 Å². The minimum Gasteiger partial charge on any atom is -0.467 e. The van der Waals surface area contributed by atoms with Crippen molar-refractivity contribution >= 4 is 11.9 Å². The van der Waals surface area contributed by atoms with Crippen molar-refractivity contribution in [1.82, 2.24) is 14.7 Å². The summed E-state index contributed by atoms with van der Waals surface area (Å²) in [6.07, 6.45) is 3.17. The molecule has 1 aliphatic rings. The number of methoxy groups -OCH3 is 1. The second kappa shape index (κ2) is 4.80. The maximum atomic E-state index is 12.4. The molecule has 1 unspecified atom stereocenters. The Hall–Kier alpha value is -1.85. The Bertz CT molecular complexity index is 481. The molecular weight excluding hydrogens is 234 g/mol. The topological polar surface area (TPSA) is 64.4 Å². The molecule has 1 amide bonds. The molecule has 0 spiro atoms. The Balaban J connectivity index is 2.23. The van der Waals surface area contributed by atoms with Crippen LogP contribution in [0.5, 0.6) is 0 Å². The highest BCUT2D eigenvalue weighted by Gasteiger charge is 2.36. The van der Waals surface area contributed by atoms with Crippen LogP contribution in [0, 0.1) is 6.92 Å². The molecule has 2 heterocycles. The quantitative estimate of drug-likeness (QED) is 0.718. The maximum Gasteiger partial charge on any atom is 0.328 e. The molecule has 0 aromatic carbocycles. The van der Waals surface area contributed by atoms with Crippen LogP contribution in [-0.4, -0.2) is 46.3 Å². The van der Waals surface area contributed by atoms with Crippen LogP contribution >= 0.6 is 0 Å². The van der Waals surface area contributed by atoms with Gasteiger partial charge in [-0.25, -0.2) is 4.79 Å². The monoisotopic (exact) mass is 251 g/mol. The Kier molecular flexibility index (Phi) is 3.36. The zero-order chi connectivity index (χ0) is 13.3. The number of carbonyl (C=O) groups is 2. The molecular formula is C12H17N3O3. The molecule has 1 aromatic rings. The Morgan fingerprint density at radius 2 is 2.22 bits per heavy atom. The van der Waals surface area contributed by atoms with E-state index in [0.29, 0.717) is 24.2 Å². The van der Waals surface area contributed by atoms with Crippen LogP contribution in [0.1, 0.15) is 28.9 Å². The number of nitrogens with zero attached hydrogens (tertiary/aromatic N) is 3. The number of rotatable bonds is 2. The normalized spacial score (nSPS) is 19.1. The summed E-state index contributed by atoms with van der Waals surface area (Å²) in [6, 6.07) is -0.456. The number of esters is 1. The van der Waals surface area contributed by atoms with Crippen molar-refractivity contribution < 1.29 is 14.3 Å². The van der Waals surface area contributed by atoms with Gasteiger partial charge < -0.3 is 9.64 Å². The van der Waals surface area contributed by atoms with E-state index in [-0.39, 0.29) is 11.9 Å². The van der Waals surface area contributed by atoms with E-state index in [1.54, 1.807) is 29.7 Å². The van der Waals surface area contributed by atoms with Gasteiger partial charge in [-0.15, -0.1) is 0 Å². The molecule has 0 radical (unpaired) electrons. The van der Waals surface area contributed by atoms with Crippen LogP contribution in [0.4, 0.5) is 0 Å². The van der Waals surface area contributed by atoms with Gasteiger partial charge in [0.15, 0.2) is 0 Å². The first-order chi connectivity index (χ1) is 8.54. The van der Waals surface area contributed by atoms with Crippen LogP contribution in [0.3, 0.4) is 0 Å². The SMILES string of the molecule is COC(=O)C1CCCN1C(=O)c1cn(C)nc1C. The van der Waals surface area contributed by atoms with Gasteiger partial charge in [-0.05, 0) is 19.8 Å². The van der Waals surface area contributed by atoms with Crippen LogP contribution in [0.25, 0.3) is 0 Å². The van der Waals surface area contributed by atoms with Gasteiger partial charge in [-0.2, -0.15) is 5.10 Å². The molecule has 1 saturated heterocycles. The van der Waals surface area contributed by atoms with Crippen molar-refractivity contribution in [1.29, 1.82) is 0 Å². The summed E-state index contributed by atoms with van der Waals surface area (Å²) in [6.45, 7) is 2.38. The number of ether oxygens (including phenoxy) is 1. The molecule has 98 valence electrons. The maximum absolute atomic E-state index is 12.4. The van der Waals surface area contributed by atoms with Gasteiger partial charge in [0.2, 0.25) is 0 Å². The van der Waals surface area contributed by atoms with Crippen LogP contribution in [0.2, 0.25) is 0 Å². The van der Waals surface area contributed by atoms with Crippen LogP contribution in [0.15, 0.2) is 6.20 Å². The zero-order valence-corrected chi connectivity index (χ0v) is 10.8. The van der Waals surface area contributed by atoms with Gasteiger partial charge in [0.1, 0.15) is 6.04 Å². The van der Waals surface area contributed by atoms with Crippen LogP contribution in [-0.2, 0) is 16.6 Å². The van der Waals surface area contributed by atoms with E-state index in [1.165, 1.54) is 7.11 Å². The van der Waals surface area contributed by atoms with Gasteiger partial charge in [0.05, 0.1) is 18.4 Å². The average molecular weight is 251 g/mol. The van der Waals surface area contributed by atoms with Crippen molar-refractivity contribution in [2.24, 2.45) is 7.05 Å². The number of likely N-dealkylation sites (tertiary alicyclic amines) is 1. The first-order valence-electron chi connectivity index (χ1n) is 5.93. The van der Waals surface area contributed by atoms with Gasteiger partial charge in [0.25, 0.3) is 5.91 Å². The third-order valence-corrected chi connectivity index (χ3v) is 3.23. The summed E-state index contributed by atoms with van der Waals surface area (Å²) in [5.41, 5.74) is 1.23. The molecule has 6 nitrogen and oxygen atoms in total. The second-order valence-electron chi connectivity index (χ2n) is 4.48. The molecule has 1 aliphatic heterocycles. The Morgan fingerprint density at radius 1 is 1.50 bits per heavy atom. The predicted molar refractivity (Wildman–Crippen MR) is 64.0 cm³/mol. The predicted octanol–water partition coefficient (Wildman–Crippen LogP) is 0.506. The lowest BCUT2D eigenvalue weighted by atomic mass is 10.2. The van der Waals surface area contributed by atoms with Crippen molar-refractivity contribution in [2.75, 3.05) is 13.7 Å². The second-order valence-corrected chi connectivity index (χ2v) is 4.48. The highest BCUT2D eigenvalue weighted by Crippen LogP contribution is 2.22. The van der Waals surface area contributed by atoms with E-state index in [1.807, 2.05) is 0 Å². The number of hydrogen-bond donors (Lipinski definition) is 0. The summed E-state index contributed by atoms with van der Waals surface area (Å²) in [7, 11) is 3.12. The van der Waals surface area contributed by atoms with Gasteiger partial charge in [-0.1, -0.05) is 0 Å². The van der Waals surface area contributed by atoms with E-state index in [9.17, 15) is 9.59 Å². The fourth-order valence-corrected chi connectivity index (χ4v) is 2.36. The highest BCUT2D eigenvalue weighted by molar-refractivity contribution is 5.97. The van der Waals surface area contributed by atoms with Gasteiger partial charge in [0, 0.05) is 19.8 Å². The van der Waals surface area contributed by atoms with Crippen LogP contribution < -0.4 is 0 Å². The first kappa shape index (κ1) is 12.6. The average Bonchev–Trinajstić information content (AvgIpc) is 2.94. The van der Waals surface area contributed by atoms with E-state index in [2.05, 4.69) is 5.10 Å². The molecule has 0 N–H and O–H groups in total. The fraction of sp³-hybridized carbons (Fsp3) is 0.583. The van der Waals surface area contributed by atoms with Crippen molar-refractivity contribution in [3.05, 3.63) is 17.5 Å². The summed E-state index contributed by atoms with van der Waals surface area (Å²) in [4.78, 5) is 25.6. The van der Waals surface area contributed by atoms with Gasteiger partial charge >= 0.3 is 5.97 Å². The smallest absolute Gasteiger partial charge is 0.328 e. The Morgan fingerprint density at radius 3 is 2.78 bits per heavy atom. The number of aromatic nitrogens is 2. The molecule has 1 aromatic heterocycles. The lowest BCUT2D eigenvalue weighted by Crippen LogP contribution is -2.41. The third kappa shape index (κ3) is 2.10. The molecule has 1 atom stereocenters. The first-order valence-corrected chi connectivity index (χ1v) is 5.93. The zero-order valence-electron chi connectivity index (χ0n) is 10.8.